The third kappa shape index (κ3) is 2.25. The van der Waals surface area contributed by atoms with E-state index in [0.29, 0.717) is 23.0 Å². The second-order valence-electron chi connectivity index (χ2n) is 8.67. The Bertz CT molecular complexity index is 739. The van der Waals surface area contributed by atoms with Crippen LogP contribution in [0, 0.1) is 23.7 Å². The molecule has 26 heavy (non-hydrogen) atoms. The van der Waals surface area contributed by atoms with Gasteiger partial charge in [-0.05, 0) is 74.8 Å². The van der Waals surface area contributed by atoms with E-state index in [-0.39, 0.29) is 23.8 Å². The van der Waals surface area contributed by atoms with Crippen molar-refractivity contribution in [1.29, 1.82) is 0 Å². The predicted octanol–water partition coefficient (Wildman–Crippen LogP) is 2.61. The Morgan fingerprint density at radius 3 is 1.96 bits per heavy atom. The van der Waals surface area contributed by atoms with Gasteiger partial charge in [-0.2, -0.15) is 0 Å². The number of rotatable bonds is 3. The van der Waals surface area contributed by atoms with Crippen LogP contribution < -0.4 is 5.32 Å². The van der Waals surface area contributed by atoms with Gasteiger partial charge in [-0.3, -0.25) is 19.3 Å². The molecule has 5 nitrogen and oxygen atoms in total. The van der Waals surface area contributed by atoms with Crippen molar-refractivity contribution < 1.29 is 14.4 Å². The molecule has 4 bridgehead atoms. The highest BCUT2D eigenvalue weighted by Crippen LogP contribution is 2.53. The van der Waals surface area contributed by atoms with Gasteiger partial charge in [0.1, 0.15) is 6.04 Å². The third-order valence-electron chi connectivity index (χ3n) is 7.13. The molecule has 5 aliphatic rings. The van der Waals surface area contributed by atoms with Crippen molar-refractivity contribution in [3.05, 3.63) is 35.4 Å². The number of nitrogens with zero attached hydrogens (tertiary/aromatic N) is 1. The molecule has 1 aliphatic heterocycles. The van der Waals surface area contributed by atoms with Crippen LogP contribution in [-0.2, 0) is 4.79 Å². The second-order valence-corrected chi connectivity index (χ2v) is 8.67. The molecule has 0 aromatic heterocycles. The molecule has 3 amide bonds. The normalized spacial score (nSPS) is 35.6. The van der Waals surface area contributed by atoms with Crippen LogP contribution in [-0.4, -0.2) is 34.7 Å². The summed E-state index contributed by atoms with van der Waals surface area (Å²) in [5.74, 6) is 1.92. The molecule has 1 heterocycles. The van der Waals surface area contributed by atoms with E-state index in [1.54, 1.807) is 31.2 Å². The maximum atomic E-state index is 12.9. The molecule has 0 unspecified atom stereocenters. The van der Waals surface area contributed by atoms with Gasteiger partial charge in [-0.25, -0.2) is 0 Å². The van der Waals surface area contributed by atoms with Crippen LogP contribution in [0.2, 0.25) is 0 Å². The van der Waals surface area contributed by atoms with E-state index in [4.69, 9.17) is 0 Å². The Kier molecular flexibility index (Phi) is 3.49. The van der Waals surface area contributed by atoms with Gasteiger partial charge in [0.2, 0.25) is 5.91 Å². The van der Waals surface area contributed by atoms with E-state index in [2.05, 4.69) is 5.32 Å². The van der Waals surface area contributed by atoms with Crippen LogP contribution in [0.4, 0.5) is 0 Å². The van der Waals surface area contributed by atoms with Crippen molar-refractivity contribution in [3.63, 3.8) is 0 Å². The molecule has 5 heteroatoms. The summed E-state index contributed by atoms with van der Waals surface area (Å²) in [5.41, 5.74) is 0.790. The van der Waals surface area contributed by atoms with Crippen LogP contribution in [0.3, 0.4) is 0 Å². The predicted molar refractivity (Wildman–Crippen MR) is 95.4 cm³/mol. The lowest BCUT2D eigenvalue weighted by Gasteiger charge is -2.54. The number of nitrogens with one attached hydrogen (secondary N) is 1. The number of hydrogen-bond acceptors (Lipinski definition) is 3. The highest BCUT2D eigenvalue weighted by atomic mass is 16.2. The Morgan fingerprint density at radius 2 is 1.46 bits per heavy atom. The number of fused-ring (bicyclic) bond motifs is 1. The summed E-state index contributed by atoms with van der Waals surface area (Å²) in [6.07, 6.45) is 6.26. The van der Waals surface area contributed by atoms with E-state index in [9.17, 15) is 14.4 Å². The molecule has 4 saturated carbocycles. The standard InChI is InChI=1S/C21H24N2O3/c1-11(23-20(25)16-4-2-3-5-17(16)21(23)26)19(24)22-18-14-7-12-6-13(9-14)10-15(18)8-12/h2-5,11-15,18H,6-10H2,1H3,(H,22,24)/t11-,12?,13?,14?,15?,18?/m0/s1. The number of benzene rings is 1. The van der Waals surface area contributed by atoms with E-state index < -0.39 is 6.04 Å². The first kappa shape index (κ1) is 16.0. The number of imide groups is 1. The average Bonchev–Trinajstić information content (AvgIpc) is 2.88. The third-order valence-corrected chi connectivity index (χ3v) is 7.13. The molecule has 136 valence electrons. The molecule has 0 radical (unpaired) electrons. The molecular formula is C21H24N2O3. The van der Waals surface area contributed by atoms with Gasteiger partial charge >= 0.3 is 0 Å². The van der Waals surface area contributed by atoms with E-state index in [1.165, 1.54) is 32.1 Å². The van der Waals surface area contributed by atoms with E-state index in [1.807, 2.05) is 0 Å². The van der Waals surface area contributed by atoms with Gasteiger partial charge < -0.3 is 5.32 Å². The van der Waals surface area contributed by atoms with Crippen LogP contribution in [0.5, 0.6) is 0 Å². The van der Waals surface area contributed by atoms with Gasteiger partial charge in [0.15, 0.2) is 0 Å². The van der Waals surface area contributed by atoms with Crippen molar-refractivity contribution in [2.45, 2.75) is 51.1 Å². The van der Waals surface area contributed by atoms with Crippen LogP contribution in [0.1, 0.15) is 59.7 Å². The first-order valence-corrected chi connectivity index (χ1v) is 9.80. The van der Waals surface area contributed by atoms with Crippen molar-refractivity contribution in [2.24, 2.45) is 23.7 Å². The van der Waals surface area contributed by atoms with Gasteiger partial charge in [-0.15, -0.1) is 0 Å². The van der Waals surface area contributed by atoms with Crippen molar-refractivity contribution in [1.82, 2.24) is 10.2 Å². The van der Waals surface area contributed by atoms with E-state index >= 15 is 0 Å². The topological polar surface area (TPSA) is 66.5 Å². The van der Waals surface area contributed by atoms with Crippen LogP contribution in [0.15, 0.2) is 24.3 Å². The fourth-order valence-corrected chi connectivity index (χ4v) is 6.12. The summed E-state index contributed by atoms with van der Waals surface area (Å²) in [6, 6.07) is 6.22. The maximum Gasteiger partial charge on any atom is 0.262 e. The zero-order valence-electron chi connectivity index (χ0n) is 15.0. The van der Waals surface area contributed by atoms with E-state index in [0.717, 1.165) is 16.7 Å². The van der Waals surface area contributed by atoms with Gasteiger partial charge in [-0.1, -0.05) is 12.1 Å². The summed E-state index contributed by atoms with van der Waals surface area (Å²) >= 11 is 0. The maximum absolute atomic E-state index is 12.9. The minimum Gasteiger partial charge on any atom is -0.351 e. The molecule has 4 aliphatic carbocycles. The number of carbonyl (C=O) groups is 3. The zero-order valence-corrected chi connectivity index (χ0v) is 15.0. The van der Waals surface area contributed by atoms with Crippen LogP contribution in [0.25, 0.3) is 0 Å². The molecule has 4 fully saturated rings. The smallest absolute Gasteiger partial charge is 0.262 e. The summed E-state index contributed by atoms with van der Waals surface area (Å²) in [7, 11) is 0. The molecule has 1 N–H and O–H groups in total. The van der Waals surface area contributed by atoms with Gasteiger partial charge in [0, 0.05) is 6.04 Å². The molecule has 1 atom stereocenters. The summed E-state index contributed by atoms with van der Waals surface area (Å²) in [6.45, 7) is 1.66. The Labute approximate surface area is 153 Å². The first-order valence-electron chi connectivity index (χ1n) is 9.80. The Morgan fingerprint density at radius 1 is 0.962 bits per heavy atom. The quantitative estimate of drug-likeness (QED) is 0.851. The highest BCUT2D eigenvalue weighted by Gasteiger charge is 2.49. The lowest BCUT2D eigenvalue weighted by Crippen LogP contribution is -2.59. The summed E-state index contributed by atoms with van der Waals surface area (Å²) < 4.78 is 0. The molecule has 0 spiro atoms. The SMILES string of the molecule is C[C@@H](C(=O)NC1C2CC3CC(C2)CC1C3)N1C(=O)c2ccccc2C1=O. The average molecular weight is 352 g/mol. The van der Waals surface area contributed by atoms with Gasteiger partial charge in [0.05, 0.1) is 11.1 Å². The molecule has 1 aromatic carbocycles. The van der Waals surface area contributed by atoms with Crippen molar-refractivity contribution in [3.8, 4) is 0 Å². The zero-order chi connectivity index (χ0) is 18.0. The van der Waals surface area contributed by atoms with Crippen molar-refractivity contribution in [2.75, 3.05) is 0 Å². The molecule has 1 aromatic rings. The molecule has 6 rings (SSSR count). The fraction of sp³-hybridized carbons (Fsp3) is 0.571. The minimum atomic E-state index is -0.778. The molecule has 0 saturated heterocycles. The van der Waals surface area contributed by atoms with Gasteiger partial charge in [0.25, 0.3) is 11.8 Å². The Hall–Kier alpha value is -2.17. The highest BCUT2D eigenvalue weighted by molar-refractivity contribution is 6.22. The Balaban J connectivity index is 1.32. The molecular weight excluding hydrogens is 328 g/mol. The lowest BCUT2D eigenvalue weighted by molar-refractivity contribution is -0.128. The summed E-state index contributed by atoms with van der Waals surface area (Å²) in [4.78, 5) is 39.3. The largest absolute Gasteiger partial charge is 0.351 e. The minimum absolute atomic E-state index is 0.197. The second kappa shape index (κ2) is 5.66. The fourth-order valence-electron chi connectivity index (χ4n) is 6.12. The monoisotopic (exact) mass is 352 g/mol. The first-order chi connectivity index (χ1) is 12.5. The number of hydrogen-bond donors (Lipinski definition) is 1. The van der Waals surface area contributed by atoms with Crippen molar-refractivity contribution >= 4 is 17.7 Å². The summed E-state index contributed by atoms with van der Waals surface area (Å²) in [5, 5.41) is 3.22. The van der Waals surface area contributed by atoms with Crippen LogP contribution >= 0.6 is 0 Å². The lowest BCUT2D eigenvalue weighted by atomic mass is 9.54. The number of carbonyl (C=O) groups excluding carboxylic acids is 3. The number of amides is 3.